The zero-order valence-corrected chi connectivity index (χ0v) is 43.3. The molecule has 79 heavy (non-hydrogen) atoms. The van der Waals surface area contributed by atoms with E-state index in [1.807, 2.05) is 0 Å². The van der Waals surface area contributed by atoms with Crippen molar-refractivity contribution in [3.8, 4) is 39.1 Å². The number of rotatable bonds is 5. The highest BCUT2D eigenvalue weighted by molar-refractivity contribution is 6.12. The highest BCUT2D eigenvalue weighted by Crippen LogP contribution is 2.57. The second kappa shape index (κ2) is 16.4. The molecule has 3 nitrogen and oxygen atoms in total. The molecule has 18 rings (SSSR count). The minimum absolute atomic E-state index is 0.233. The van der Waals surface area contributed by atoms with Crippen LogP contribution in [0.2, 0.25) is 0 Å². The molecule has 3 heteroatoms. The molecule has 13 aromatic rings. The fourth-order valence-electron chi connectivity index (χ4n) is 14.7. The van der Waals surface area contributed by atoms with Gasteiger partial charge in [-0.3, -0.25) is 0 Å². The minimum atomic E-state index is 0.233. The van der Waals surface area contributed by atoms with Gasteiger partial charge in [0.1, 0.15) is 11.2 Å². The Morgan fingerprint density at radius 1 is 0.430 bits per heavy atom. The van der Waals surface area contributed by atoms with Gasteiger partial charge in [0.2, 0.25) is 0 Å². The Morgan fingerprint density at radius 3 is 2.01 bits per heavy atom. The average Bonchev–Trinajstić information content (AvgIpc) is 4.37. The third-order valence-electron chi connectivity index (χ3n) is 18.4. The van der Waals surface area contributed by atoms with E-state index >= 15 is 0 Å². The summed E-state index contributed by atoms with van der Waals surface area (Å²) in [5, 5.41) is 10.0. The molecule has 370 valence electrons. The predicted molar refractivity (Wildman–Crippen MR) is 330 cm³/mol. The lowest BCUT2D eigenvalue weighted by Crippen LogP contribution is -2.26. The number of allylic oxidation sites excluding steroid dienone is 12. The smallest absolute Gasteiger partial charge is 0.135 e. The van der Waals surface area contributed by atoms with Gasteiger partial charge >= 0.3 is 0 Å². The van der Waals surface area contributed by atoms with Crippen molar-refractivity contribution in [2.75, 3.05) is 0 Å². The zero-order valence-electron chi connectivity index (χ0n) is 43.3. The fraction of sp³-hybridized carbons (Fsp3) is 0.0789. The van der Waals surface area contributed by atoms with Gasteiger partial charge in [0.25, 0.3) is 0 Å². The lowest BCUT2D eigenvalue weighted by molar-refractivity contribution is 0.640. The number of benzene rings is 10. The van der Waals surface area contributed by atoms with Crippen LogP contribution in [0.25, 0.3) is 127 Å². The van der Waals surface area contributed by atoms with Crippen molar-refractivity contribution in [3.63, 3.8) is 0 Å². The van der Waals surface area contributed by atoms with Crippen LogP contribution in [-0.2, 0) is 6.42 Å². The van der Waals surface area contributed by atoms with E-state index in [-0.39, 0.29) is 17.8 Å². The summed E-state index contributed by atoms with van der Waals surface area (Å²) in [6, 6.07) is 75.4. The fourth-order valence-corrected chi connectivity index (χ4v) is 14.7. The van der Waals surface area contributed by atoms with Gasteiger partial charge in [-0.2, -0.15) is 0 Å². The summed E-state index contributed by atoms with van der Waals surface area (Å²) < 4.78 is 11.3. The van der Waals surface area contributed by atoms with Crippen molar-refractivity contribution in [1.82, 2.24) is 9.13 Å². The maximum absolute atomic E-state index is 6.35. The summed E-state index contributed by atoms with van der Waals surface area (Å²) in [6.07, 6.45) is 23.7. The highest BCUT2D eigenvalue weighted by atomic mass is 16.3. The molecule has 0 radical (unpaired) electrons. The van der Waals surface area contributed by atoms with Crippen LogP contribution in [0.4, 0.5) is 0 Å². The lowest BCUT2D eigenvalue weighted by Gasteiger charge is -2.41. The SMILES string of the molecule is C1=CCC(n2c3ccccc3c3cc(C4=CC5C=C6C(=CC5C=C4)c4cc(-c5ccc7oc8ccccc8c7c5)cc5c4CC6c4cc6cc(-c7ccc8c(c7)c7ccccc7n8-c7ccccc7)ccc6cc4-5)ccc32)C=C1. The Labute approximate surface area is 457 Å². The normalized spacial score (nSPS) is 18.9. The quantitative estimate of drug-likeness (QED) is 0.168. The summed E-state index contributed by atoms with van der Waals surface area (Å²) in [6.45, 7) is 0. The molecule has 0 spiro atoms. The standard InChI is InChI=1S/C76H50N2O/c1-3-13-55(14-4-1)77-71-20-10-7-17-57(71)68-37-47(27-30-73(68)77)45-23-25-49-35-60-62(40-52(49)33-45)66-44-67-64(60)42-54(51-29-32-76-70(39-51)59-19-9-12-22-75(59)79-76)43-65(67)61-36-50-26-24-46(34-53(50)41-63(61)66)48-28-31-74-69(38-48)58-18-8-11-21-72(58)78(74)56-15-5-2-6-16-56/h1-15,17-43,50,53,56,66H,16,44H2. The molecule has 0 fully saturated rings. The molecule has 0 saturated carbocycles. The van der Waals surface area contributed by atoms with Gasteiger partial charge in [0, 0.05) is 66.8 Å². The molecule has 0 aliphatic heterocycles. The van der Waals surface area contributed by atoms with Crippen LogP contribution in [0.15, 0.2) is 265 Å². The molecule has 0 N–H and O–H groups in total. The number of aromatic nitrogens is 2. The van der Waals surface area contributed by atoms with Gasteiger partial charge in [0.05, 0.1) is 17.1 Å². The maximum atomic E-state index is 6.35. The zero-order chi connectivity index (χ0) is 51.4. The number of fused-ring (bicyclic) bond motifs is 18. The number of hydrogen-bond acceptors (Lipinski definition) is 1. The lowest BCUT2D eigenvalue weighted by atomic mass is 9.62. The topological polar surface area (TPSA) is 23.0 Å². The number of nitrogens with zero attached hydrogens (tertiary/aromatic N) is 2. The minimum Gasteiger partial charge on any atom is -0.456 e. The monoisotopic (exact) mass is 1010 g/mol. The van der Waals surface area contributed by atoms with E-state index < -0.39 is 0 Å². The number of furan rings is 1. The molecule has 4 atom stereocenters. The number of para-hydroxylation sites is 4. The molecular formula is C76H50N2O. The highest BCUT2D eigenvalue weighted by Gasteiger charge is 2.40. The van der Waals surface area contributed by atoms with Crippen LogP contribution in [0.5, 0.6) is 0 Å². The van der Waals surface area contributed by atoms with Crippen molar-refractivity contribution in [2.24, 2.45) is 11.8 Å². The molecule has 10 aromatic carbocycles. The van der Waals surface area contributed by atoms with Crippen LogP contribution < -0.4 is 0 Å². The molecule has 3 aromatic heterocycles. The van der Waals surface area contributed by atoms with E-state index in [9.17, 15) is 0 Å². The summed E-state index contributed by atoms with van der Waals surface area (Å²) in [7, 11) is 0. The Hall–Kier alpha value is -9.70. The second-order valence-electron chi connectivity index (χ2n) is 22.6. The van der Waals surface area contributed by atoms with Crippen molar-refractivity contribution in [3.05, 3.63) is 283 Å². The van der Waals surface area contributed by atoms with Crippen LogP contribution >= 0.6 is 0 Å². The van der Waals surface area contributed by atoms with Crippen molar-refractivity contribution in [1.29, 1.82) is 0 Å². The first-order chi connectivity index (χ1) is 39.1. The van der Waals surface area contributed by atoms with E-state index in [0.29, 0.717) is 6.04 Å². The van der Waals surface area contributed by atoms with Crippen LogP contribution in [0.1, 0.15) is 40.6 Å². The van der Waals surface area contributed by atoms with Gasteiger partial charge in [-0.25, -0.2) is 0 Å². The molecule has 4 unspecified atom stereocenters. The molecule has 0 amide bonds. The van der Waals surface area contributed by atoms with E-state index in [4.69, 9.17) is 4.42 Å². The first-order valence-corrected chi connectivity index (χ1v) is 28.1. The Morgan fingerprint density at radius 2 is 1.11 bits per heavy atom. The van der Waals surface area contributed by atoms with Gasteiger partial charge in [-0.15, -0.1) is 0 Å². The predicted octanol–water partition coefficient (Wildman–Crippen LogP) is 19.9. The first-order valence-electron chi connectivity index (χ1n) is 28.1. The largest absolute Gasteiger partial charge is 0.456 e. The second-order valence-corrected chi connectivity index (χ2v) is 22.6. The average molecular weight is 1010 g/mol. The van der Waals surface area contributed by atoms with Gasteiger partial charge in [-0.05, 0) is 193 Å². The van der Waals surface area contributed by atoms with Crippen LogP contribution in [-0.4, -0.2) is 9.13 Å². The summed E-state index contributed by atoms with van der Waals surface area (Å²) in [5.74, 6) is 0.726. The van der Waals surface area contributed by atoms with Crippen molar-refractivity contribution in [2.45, 2.75) is 24.8 Å². The van der Waals surface area contributed by atoms with Crippen LogP contribution in [0, 0.1) is 11.8 Å². The molecule has 3 heterocycles. The van der Waals surface area contributed by atoms with Gasteiger partial charge < -0.3 is 13.6 Å². The number of hydrogen-bond donors (Lipinski definition) is 0. The first kappa shape index (κ1) is 43.4. The molecular weight excluding hydrogens is 957 g/mol. The molecule has 0 saturated heterocycles. The Balaban J connectivity index is 0.786. The molecule has 2 bridgehead atoms. The summed E-state index contributed by atoms with van der Waals surface area (Å²) in [4.78, 5) is 0. The molecule has 5 aliphatic carbocycles. The maximum Gasteiger partial charge on any atom is 0.135 e. The summed E-state index contributed by atoms with van der Waals surface area (Å²) in [5.41, 5.74) is 25.4. The van der Waals surface area contributed by atoms with Gasteiger partial charge in [0.15, 0.2) is 0 Å². The van der Waals surface area contributed by atoms with Gasteiger partial charge in [-0.1, -0.05) is 158 Å². The summed E-state index contributed by atoms with van der Waals surface area (Å²) >= 11 is 0. The van der Waals surface area contributed by atoms with E-state index in [2.05, 4.69) is 264 Å². The van der Waals surface area contributed by atoms with Crippen LogP contribution in [0.3, 0.4) is 0 Å². The Kier molecular flexibility index (Phi) is 9.02. The van der Waals surface area contributed by atoms with E-state index in [1.54, 1.807) is 0 Å². The molecule has 5 aliphatic rings. The third kappa shape index (κ3) is 6.42. The van der Waals surface area contributed by atoms with E-state index in [0.717, 1.165) is 34.8 Å². The van der Waals surface area contributed by atoms with Crippen molar-refractivity contribution < 1.29 is 4.42 Å². The van der Waals surface area contributed by atoms with E-state index in [1.165, 1.54) is 132 Å². The van der Waals surface area contributed by atoms with Crippen molar-refractivity contribution >= 4 is 87.5 Å². The third-order valence-corrected chi connectivity index (χ3v) is 18.4. The Bertz CT molecular complexity index is 5040.